The molecule has 0 aliphatic rings. The standard InChI is InChI=1S/C12H9F3O3/c1-18-11(17)9(12(13,14)15)7-10(16)8-5-3-2-4-6-8/h2-7H,1H3/b9-7+. The quantitative estimate of drug-likeness (QED) is 0.475. The Labute approximate surface area is 101 Å². The van der Waals surface area contributed by atoms with Crippen molar-refractivity contribution >= 4 is 11.8 Å². The summed E-state index contributed by atoms with van der Waals surface area (Å²) < 4.78 is 41.5. The molecule has 0 aromatic heterocycles. The summed E-state index contributed by atoms with van der Waals surface area (Å²) in [6, 6.07) is 7.33. The first-order chi connectivity index (χ1) is 8.36. The van der Waals surface area contributed by atoms with Crippen LogP contribution in [0.1, 0.15) is 10.4 Å². The summed E-state index contributed by atoms with van der Waals surface area (Å²) in [7, 11) is 0.814. The van der Waals surface area contributed by atoms with Crippen molar-refractivity contribution in [3.63, 3.8) is 0 Å². The summed E-state index contributed by atoms with van der Waals surface area (Å²) in [5.74, 6) is -2.50. The second kappa shape index (κ2) is 5.48. The smallest absolute Gasteiger partial charge is 0.423 e. The number of alkyl halides is 3. The summed E-state index contributed by atoms with van der Waals surface area (Å²) in [4.78, 5) is 22.5. The van der Waals surface area contributed by atoms with Crippen molar-refractivity contribution in [2.24, 2.45) is 0 Å². The molecule has 3 nitrogen and oxygen atoms in total. The minimum atomic E-state index is -4.93. The molecule has 96 valence electrons. The molecule has 0 aliphatic carbocycles. The third kappa shape index (κ3) is 3.44. The second-order valence-electron chi connectivity index (χ2n) is 3.28. The molecule has 0 heterocycles. The molecule has 0 N–H and O–H groups in total. The first-order valence-corrected chi connectivity index (χ1v) is 4.83. The Balaban J connectivity index is 3.11. The number of allylic oxidation sites excluding steroid dienone is 1. The Morgan fingerprint density at radius 1 is 1.17 bits per heavy atom. The van der Waals surface area contributed by atoms with Gasteiger partial charge in [-0.25, -0.2) is 4.79 Å². The topological polar surface area (TPSA) is 43.4 Å². The highest BCUT2D eigenvalue weighted by atomic mass is 19.4. The van der Waals surface area contributed by atoms with Crippen LogP contribution >= 0.6 is 0 Å². The molecule has 18 heavy (non-hydrogen) atoms. The predicted octanol–water partition coefficient (Wildman–Crippen LogP) is 2.53. The largest absolute Gasteiger partial charge is 0.465 e. The maximum Gasteiger partial charge on any atom is 0.423 e. The first-order valence-electron chi connectivity index (χ1n) is 4.83. The lowest BCUT2D eigenvalue weighted by molar-refractivity contribution is -0.148. The Kier molecular flexibility index (Phi) is 4.25. The monoisotopic (exact) mass is 258 g/mol. The van der Waals surface area contributed by atoms with Crippen molar-refractivity contribution in [2.75, 3.05) is 7.11 Å². The lowest BCUT2D eigenvalue weighted by atomic mass is 10.1. The molecule has 0 amide bonds. The third-order valence-corrected chi connectivity index (χ3v) is 2.04. The van der Waals surface area contributed by atoms with Crippen LogP contribution < -0.4 is 0 Å². The Morgan fingerprint density at radius 2 is 1.72 bits per heavy atom. The molecule has 0 aliphatic heterocycles. The molecule has 0 saturated heterocycles. The number of halogens is 3. The van der Waals surface area contributed by atoms with Gasteiger partial charge >= 0.3 is 12.1 Å². The van der Waals surface area contributed by atoms with E-state index in [0.29, 0.717) is 0 Å². The van der Waals surface area contributed by atoms with Crippen LogP contribution in [0.25, 0.3) is 0 Å². The van der Waals surface area contributed by atoms with Gasteiger partial charge in [0.15, 0.2) is 5.78 Å². The number of hydrogen-bond donors (Lipinski definition) is 0. The Bertz CT molecular complexity index is 475. The van der Waals surface area contributed by atoms with Gasteiger partial charge in [-0.15, -0.1) is 0 Å². The summed E-state index contributed by atoms with van der Waals surface area (Å²) >= 11 is 0. The second-order valence-corrected chi connectivity index (χ2v) is 3.28. The maximum atomic E-state index is 12.5. The number of carbonyl (C=O) groups is 2. The van der Waals surface area contributed by atoms with Crippen LogP contribution in [0.15, 0.2) is 42.0 Å². The Hall–Kier alpha value is -2.11. The van der Waals surface area contributed by atoms with E-state index in [9.17, 15) is 22.8 Å². The number of methoxy groups -OCH3 is 1. The van der Waals surface area contributed by atoms with E-state index in [1.54, 1.807) is 6.07 Å². The van der Waals surface area contributed by atoms with Crippen molar-refractivity contribution in [3.05, 3.63) is 47.5 Å². The summed E-state index contributed by atoms with van der Waals surface area (Å²) in [6.07, 6.45) is -4.70. The molecule has 0 unspecified atom stereocenters. The van der Waals surface area contributed by atoms with Crippen molar-refractivity contribution in [1.29, 1.82) is 0 Å². The number of hydrogen-bond acceptors (Lipinski definition) is 3. The van der Waals surface area contributed by atoms with E-state index in [1.165, 1.54) is 24.3 Å². The van der Waals surface area contributed by atoms with Crippen LogP contribution in [0.3, 0.4) is 0 Å². The minimum Gasteiger partial charge on any atom is -0.465 e. The average molecular weight is 258 g/mol. The van der Waals surface area contributed by atoms with Gasteiger partial charge in [0.05, 0.1) is 7.11 Å². The van der Waals surface area contributed by atoms with E-state index >= 15 is 0 Å². The number of esters is 1. The van der Waals surface area contributed by atoms with Crippen LogP contribution in [0.2, 0.25) is 0 Å². The zero-order valence-electron chi connectivity index (χ0n) is 9.32. The van der Waals surface area contributed by atoms with E-state index in [-0.39, 0.29) is 11.6 Å². The third-order valence-electron chi connectivity index (χ3n) is 2.04. The number of rotatable bonds is 3. The highest BCUT2D eigenvalue weighted by Crippen LogP contribution is 2.26. The molecular formula is C12H9F3O3. The first kappa shape index (κ1) is 14.0. The highest BCUT2D eigenvalue weighted by Gasteiger charge is 2.40. The molecule has 1 aromatic rings. The summed E-state index contributed by atoms with van der Waals surface area (Å²) in [6.45, 7) is 0. The molecule has 0 atom stereocenters. The fourth-order valence-corrected chi connectivity index (χ4v) is 1.18. The SMILES string of the molecule is COC(=O)/C(=C\C(=O)c1ccccc1)C(F)(F)F. The maximum absolute atomic E-state index is 12.5. The summed E-state index contributed by atoms with van der Waals surface area (Å²) in [5, 5.41) is 0. The lowest BCUT2D eigenvalue weighted by Crippen LogP contribution is -2.22. The molecule has 0 fully saturated rings. The van der Waals surface area contributed by atoms with Gasteiger partial charge in [-0.2, -0.15) is 13.2 Å². The molecule has 1 rings (SSSR count). The van der Waals surface area contributed by atoms with E-state index < -0.39 is 23.5 Å². The normalized spacial score (nSPS) is 12.1. The van der Waals surface area contributed by atoms with E-state index in [2.05, 4.69) is 4.74 Å². The van der Waals surface area contributed by atoms with Crippen molar-refractivity contribution in [3.8, 4) is 0 Å². The fraction of sp³-hybridized carbons (Fsp3) is 0.167. The number of ether oxygens (including phenoxy) is 1. The number of carbonyl (C=O) groups excluding carboxylic acids is 2. The molecule has 0 radical (unpaired) electrons. The molecule has 0 saturated carbocycles. The van der Waals surface area contributed by atoms with Crippen molar-refractivity contribution in [2.45, 2.75) is 6.18 Å². The fourth-order valence-electron chi connectivity index (χ4n) is 1.18. The van der Waals surface area contributed by atoms with Crippen LogP contribution in [0, 0.1) is 0 Å². The van der Waals surface area contributed by atoms with Crippen molar-refractivity contribution in [1.82, 2.24) is 0 Å². The molecular weight excluding hydrogens is 249 g/mol. The van der Waals surface area contributed by atoms with Gasteiger partial charge < -0.3 is 4.74 Å². The van der Waals surface area contributed by atoms with Gasteiger partial charge in [-0.3, -0.25) is 4.79 Å². The highest BCUT2D eigenvalue weighted by molar-refractivity contribution is 6.09. The van der Waals surface area contributed by atoms with E-state index in [4.69, 9.17) is 0 Å². The number of benzene rings is 1. The lowest BCUT2D eigenvalue weighted by Gasteiger charge is -2.08. The average Bonchev–Trinajstić information content (AvgIpc) is 2.34. The minimum absolute atomic E-state index is 0.0585. The zero-order valence-corrected chi connectivity index (χ0v) is 9.32. The van der Waals surface area contributed by atoms with E-state index in [0.717, 1.165) is 7.11 Å². The van der Waals surface area contributed by atoms with Gasteiger partial charge in [0, 0.05) is 11.6 Å². The van der Waals surface area contributed by atoms with Gasteiger partial charge in [-0.05, 0) is 0 Å². The zero-order chi connectivity index (χ0) is 13.8. The van der Waals surface area contributed by atoms with Crippen LogP contribution in [0.5, 0.6) is 0 Å². The predicted molar refractivity (Wildman–Crippen MR) is 56.9 cm³/mol. The Morgan fingerprint density at radius 3 is 2.17 bits per heavy atom. The molecule has 0 spiro atoms. The van der Waals surface area contributed by atoms with Gasteiger partial charge in [0.2, 0.25) is 0 Å². The van der Waals surface area contributed by atoms with Crippen LogP contribution in [-0.4, -0.2) is 25.0 Å². The molecule has 1 aromatic carbocycles. The van der Waals surface area contributed by atoms with Gasteiger partial charge in [0.1, 0.15) is 5.57 Å². The van der Waals surface area contributed by atoms with Crippen LogP contribution in [-0.2, 0) is 9.53 Å². The van der Waals surface area contributed by atoms with Gasteiger partial charge in [0.25, 0.3) is 0 Å². The number of ketones is 1. The van der Waals surface area contributed by atoms with Crippen LogP contribution in [0.4, 0.5) is 13.2 Å². The van der Waals surface area contributed by atoms with Crippen molar-refractivity contribution < 1.29 is 27.5 Å². The van der Waals surface area contributed by atoms with E-state index in [1.807, 2.05) is 0 Å². The molecule has 0 bridgehead atoms. The molecule has 6 heteroatoms. The summed E-state index contributed by atoms with van der Waals surface area (Å²) in [5.41, 5.74) is -1.57. The van der Waals surface area contributed by atoms with Gasteiger partial charge in [-0.1, -0.05) is 30.3 Å².